The largest absolute Gasteiger partial charge is 0.316 e. The van der Waals surface area contributed by atoms with Gasteiger partial charge in [0.15, 0.2) is 14.6 Å². The summed E-state index contributed by atoms with van der Waals surface area (Å²) in [5, 5.41) is 0. The summed E-state index contributed by atoms with van der Waals surface area (Å²) in [5.41, 5.74) is 0.806. The molecule has 160 valence electrons. The van der Waals surface area contributed by atoms with Crippen molar-refractivity contribution in [1.82, 2.24) is 4.57 Å². The minimum Gasteiger partial charge on any atom is -0.316 e. The molecule has 0 saturated carbocycles. The van der Waals surface area contributed by atoms with Crippen molar-refractivity contribution in [3.05, 3.63) is 58.9 Å². The Balaban J connectivity index is 1.74. The SMILES string of the molecule is CSCCn1c(=NC(=O)CCCS(=O)(=O)c2ccc(F)cc2)sc2cc(F)ccc21. The molecule has 1 amide bonds. The number of amides is 1. The quantitative estimate of drug-likeness (QED) is 0.466. The summed E-state index contributed by atoms with van der Waals surface area (Å²) in [7, 11) is -3.60. The first-order valence-electron chi connectivity index (χ1n) is 9.14. The summed E-state index contributed by atoms with van der Waals surface area (Å²) in [6, 6.07) is 9.05. The second-order valence-electron chi connectivity index (χ2n) is 6.52. The van der Waals surface area contributed by atoms with Crippen LogP contribution >= 0.6 is 23.1 Å². The van der Waals surface area contributed by atoms with Crippen LogP contribution in [0.25, 0.3) is 10.2 Å². The molecule has 0 atom stereocenters. The lowest BCUT2D eigenvalue weighted by Gasteiger charge is -2.04. The Morgan fingerprint density at radius 1 is 1.13 bits per heavy atom. The number of thiazole rings is 1. The topological polar surface area (TPSA) is 68.5 Å². The molecule has 0 radical (unpaired) electrons. The monoisotopic (exact) mass is 470 g/mol. The van der Waals surface area contributed by atoms with Crippen molar-refractivity contribution >= 4 is 49.1 Å². The number of nitrogens with zero attached hydrogens (tertiary/aromatic N) is 2. The molecule has 0 aliphatic rings. The number of hydrogen-bond donors (Lipinski definition) is 0. The summed E-state index contributed by atoms with van der Waals surface area (Å²) in [6.45, 7) is 0.623. The van der Waals surface area contributed by atoms with Crippen molar-refractivity contribution in [2.75, 3.05) is 17.8 Å². The smallest absolute Gasteiger partial charge is 0.248 e. The maximum absolute atomic E-state index is 13.6. The third kappa shape index (κ3) is 5.55. The number of carbonyl (C=O) groups is 1. The summed E-state index contributed by atoms with van der Waals surface area (Å²) < 4.78 is 53.7. The van der Waals surface area contributed by atoms with E-state index in [9.17, 15) is 22.0 Å². The van der Waals surface area contributed by atoms with E-state index in [0.717, 1.165) is 23.4 Å². The normalized spacial score (nSPS) is 12.6. The van der Waals surface area contributed by atoms with Gasteiger partial charge in [-0.15, -0.1) is 0 Å². The van der Waals surface area contributed by atoms with E-state index in [0.29, 0.717) is 16.0 Å². The van der Waals surface area contributed by atoms with E-state index in [4.69, 9.17) is 0 Å². The van der Waals surface area contributed by atoms with Gasteiger partial charge in [0.05, 0.1) is 20.9 Å². The fourth-order valence-corrected chi connectivity index (χ4v) is 5.64. The maximum atomic E-state index is 13.6. The molecule has 0 unspecified atom stereocenters. The number of aromatic nitrogens is 1. The van der Waals surface area contributed by atoms with Crippen molar-refractivity contribution < 1.29 is 22.0 Å². The molecule has 0 saturated heterocycles. The van der Waals surface area contributed by atoms with Crippen molar-refractivity contribution in [2.45, 2.75) is 24.3 Å². The van der Waals surface area contributed by atoms with Gasteiger partial charge in [0.25, 0.3) is 0 Å². The second kappa shape index (κ2) is 9.84. The Hall–Kier alpha value is -2.04. The first-order valence-corrected chi connectivity index (χ1v) is 13.0. The Morgan fingerprint density at radius 3 is 2.53 bits per heavy atom. The highest BCUT2D eigenvalue weighted by Gasteiger charge is 2.15. The molecule has 0 aliphatic heterocycles. The second-order valence-corrected chi connectivity index (χ2v) is 10.6. The van der Waals surface area contributed by atoms with Gasteiger partial charge in [-0.05, 0) is 55.1 Å². The van der Waals surface area contributed by atoms with E-state index >= 15 is 0 Å². The van der Waals surface area contributed by atoms with Crippen LogP contribution < -0.4 is 4.80 Å². The molecular weight excluding hydrogens is 450 g/mol. The molecule has 10 heteroatoms. The molecule has 3 aromatic rings. The van der Waals surface area contributed by atoms with E-state index in [2.05, 4.69) is 4.99 Å². The van der Waals surface area contributed by atoms with Crippen molar-refractivity contribution in [3.63, 3.8) is 0 Å². The van der Waals surface area contributed by atoms with Crippen molar-refractivity contribution in [2.24, 2.45) is 4.99 Å². The van der Waals surface area contributed by atoms with Gasteiger partial charge in [0.1, 0.15) is 11.6 Å². The summed E-state index contributed by atoms with van der Waals surface area (Å²) >= 11 is 2.87. The van der Waals surface area contributed by atoms with Gasteiger partial charge in [-0.2, -0.15) is 16.8 Å². The Labute approximate surface area is 181 Å². The fraction of sp³-hybridized carbons (Fsp3) is 0.300. The molecule has 2 aromatic carbocycles. The first-order chi connectivity index (χ1) is 14.3. The average molecular weight is 471 g/mol. The molecule has 0 aliphatic carbocycles. The molecule has 5 nitrogen and oxygen atoms in total. The molecule has 30 heavy (non-hydrogen) atoms. The predicted molar refractivity (Wildman–Crippen MR) is 116 cm³/mol. The molecule has 0 fully saturated rings. The fourth-order valence-electron chi connectivity index (χ4n) is 2.87. The lowest BCUT2D eigenvalue weighted by molar-refractivity contribution is -0.118. The zero-order valence-corrected chi connectivity index (χ0v) is 18.6. The standard InChI is InChI=1S/C20H20F2N2O3S3/c1-28-11-10-24-17-9-6-15(22)13-18(17)29-20(24)23-19(25)3-2-12-30(26,27)16-7-4-14(21)5-8-16/h4-9,13H,2-3,10-12H2,1H3. The van der Waals surface area contributed by atoms with Crippen LogP contribution in [0.4, 0.5) is 8.78 Å². The molecule has 0 spiro atoms. The van der Waals surface area contributed by atoms with Crippen molar-refractivity contribution in [1.29, 1.82) is 0 Å². The average Bonchev–Trinajstić information content (AvgIpc) is 3.02. The first kappa shape index (κ1) is 22.6. The highest BCUT2D eigenvalue weighted by atomic mass is 32.2. The van der Waals surface area contributed by atoms with Crippen LogP contribution in [0.3, 0.4) is 0 Å². The van der Waals surface area contributed by atoms with E-state index < -0.39 is 21.6 Å². The van der Waals surface area contributed by atoms with Crippen LogP contribution in [0.1, 0.15) is 12.8 Å². The highest BCUT2D eigenvalue weighted by molar-refractivity contribution is 7.98. The van der Waals surface area contributed by atoms with Crippen LogP contribution in [0.15, 0.2) is 52.4 Å². The van der Waals surface area contributed by atoms with Crippen LogP contribution in [-0.2, 0) is 21.2 Å². The molecule has 0 N–H and O–H groups in total. The Bertz CT molecular complexity index is 1220. The van der Waals surface area contributed by atoms with Gasteiger partial charge in [-0.3, -0.25) is 4.79 Å². The zero-order valence-electron chi connectivity index (χ0n) is 16.2. The summed E-state index contributed by atoms with van der Waals surface area (Å²) in [4.78, 5) is 17.0. The third-order valence-electron chi connectivity index (χ3n) is 4.36. The van der Waals surface area contributed by atoms with Gasteiger partial charge in [0.2, 0.25) is 5.91 Å². The van der Waals surface area contributed by atoms with Crippen LogP contribution in [-0.4, -0.2) is 36.7 Å². The van der Waals surface area contributed by atoms with Crippen LogP contribution in [0.5, 0.6) is 0 Å². The van der Waals surface area contributed by atoms with E-state index in [1.54, 1.807) is 17.8 Å². The molecular formula is C20H20F2N2O3S3. The minimum atomic E-state index is -3.60. The van der Waals surface area contributed by atoms with Crippen LogP contribution in [0.2, 0.25) is 0 Å². The van der Waals surface area contributed by atoms with Gasteiger partial charge in [-0.25, -0.2) is 17.2 Å². The highest BCUT2D eigenvalue weighted by Crippen LogP contribution is 2.19. The van der Waals surface area contributed by atoms with Crippen LogP contribution in [0, 0.1) is 11.6 Å². The lowest BCUT2D eigenvalue weighted by Crippen LogP contribution is -2.18. The minimum absolute atomic E-state index is 0.0229. The van der Waals surface area contributed by atoms with E-state index in [1.807, 2.05) is 10.8 Å². The van der Waals surface area contributed by atoms with Crippen molar-refractivity contribution in [3.8, 4) is 0 Å². The number of halogens is 2. The zero-order chi connectivity index (χ0) is 21.7. The number of sulfone groups is 1. The number of benzene rings is 2. The van der Waals surface area contributed by atoms with Gasteiger partial charge in [0, 0.05) is 18.7 Å². The van der Waals surface area contributed by atoms with E-state index in [1.165, 1.54) is 35.6 Å². The number of thioether (sulfide) groups is 1. The number of carbonyl (C=O) groups excluding carboxylic acids is 1. The number of aryl methyl sites for hydroxylation is 1. The number of rotatable bonds is 8. The Morgan fingerprint density at radius 2 is 1.83 bits per heavy atom. The molecule has 3 rings (SSSR count). The van der Waals surface area contributed by atoms with Gasteiger partial charge < -0.3 is 4.57 Å². The third-order valence-corrected chi connectivity index (χ3v) is 7.81. The predicted octanol–water partition coefficient (Wildman–Crippen LogP) is 4.03. The maximum Gasteiger partial charge on any atom is 0.248 e. The molecule has 1 heterocycles. The molecule has 1 aromatic heterocycles. The lowest BCUT2D eigenvalue weighted by atomic mass is 10.3. The number of fused-ring (bicyclic) bond motifs is 1. The molecule has 0 bridgehead atoms. The summed E-state index contributed by atoms with van der Waals surface area (Å²) in [5.74, 6) is -0.732. The summed E-state index contributed by atoms with van der Waals surface area (Å²) in [6.07, 6.45) is 2.04. The number of hydrogen-bond acceptors (Lipinski definition) is 5. The van der Waals surface area contributed by atoms with Gasteiger partial charge >= 0.3 is 0 Å². The Kier molecular flexibility index (Phi) is 7.43. The van der Waals surface area contributed by atoms with E-state index in [-0.39, 0.29) is 29.3 Å². The van der Waals surface area contributed by atoms with Gasteiger partial charge in [-0.1, -0.05) is 11.3 Å².